The number of hydrogen-bond acceptors (Lipinski definition) is 8. The zero-order valence-electron chi connectivity index (χ0n) is 24.5. The van der Waals surface area contributed by atoms with Crippen LogP contribution in [0.4, 0.5) is 0 Å². The molecule has 1 N–H and O–H groups in total. The van der Waals surface area contributed by atoms with Crippen LogP contribution in [-0.4, -0.2) is 60.1 Å². The maximum absolute atomic E-state index is 13.7. The van der Waals surface area contributed by atoms with Gasteiger partial charge in [-0.15, -0.1) is 0 Å². The highest BCUT2D eigenvalue weighted by molar-refractivity contribution is 5.97. The molecule has 0 unspecified atom stereocenters. The van der Waals surface area contributed by atoms with E-state index in [1.807, 2.05) is 74.5 Å². The number of ether oxygens (including phenoxy) is 2. The fourth-order valence-electron chi connectivity index (χ4n) is 5.04. The van der Waals surface area contributed by atoms with Crippen molar-refractivity contribution in [3.05, 3.63) is 89.3 Å². The van der Waals surface area contributed by atoms with Crippen LogP contribution in [0.5, 0.6) is 0 Å². The number of hydrogen-bond donors (Lipinski definition) is 1. The van der Waals surface area contributed by atoms with Crippen molar-refractivity contribution >= 4 is 17.7 Å². The van der Waals surface area contributed by atoms with Crippen LogP contribution >= 0.6 is 0 Å². The zero-order chi connectivity index (χ0) is 29.7. The van der Waals surface area contributed by atoms with Gasteiger partial charge in [0.2, 0.25) is 0 Å². The first kappa shape index (κ1) is 31.1. The maximum Gasteiger partial charge on any atom is 0.309 e. The van der Waals surface area contributed by atoms with Gasteiger partial charge in [-0.25, -0.2) is 0 Å². The van der Waals surface area contributed by atoms with Gasteiger partial charge >= 0.3 is 5.97 Å². The van der Waals surface area contributed by atoms with Crippen LogP contribution in [0.1, 0.15) is 60.5 Å². The minimum Gasteiger partial charge on any atom is -0.461 e. The van der Waals surface area contributed by atoms with E-state index in [4.69, 9.17) is 14.0 Å². The molecule has 1 saturated heterocycles. The summed E-state index contributed by atoms with van der Waals surface area (Å²) >= 11 is 0. The second-order valence-electron chi connectivity index (χ2n) is 11.2. The monoisotopic (exact) mass is 575 g/mol. The van der Waals surface area contributed by atoms with Crippen molar-refractivity contribution in [1.82, 2.24) is 15.4 Å². The molecule has 0 spiro atoms. The average molecular weight is 576 g/mol. The van der Waals surface area contributed by atoms with E-state index in [1.165, 1.54) is 0 Å². The van der Waals surface area contributed by atoms with Gasteiger partial charge in [0.1, 0.15) is 6.61 Å². The average Bonchev–Trinajstić information content (AvgIpc) is 3.47. The molecular formula is C33H41N3O6. The number of morpholine rings is 1. The van der Waals surface area contributed by atoms with Crippen LogP contribution in [0.3, 0.4) is 0 Å². The summed E-state index contributed by atoms with van der Waals surface area (Å²) in [5.74, 6) is -0.941. The number of aromatic nitrogens is 1. The largest absolute Gasteiger partial charge is 0.461 e. The number of nitrogens with zero attached hydrogens (tertiary/aromatic N) is 2. The first-order chi connectivity index (χ1) is 20.4. The summed E-state index contributed by atoms with van der Waals surface area (Å²) in [7, 11) is 0. The summed E-state index contributed by atoms with van der Waals surface area (Å²) in [6.07, 6.45) is 1.46. The van der Waals surface area contributed by atoms with E-state index < -0.39 is 23.8 Å². The third-order valence-corrected chi connectivity index (χ3v) is 7.29. The van der Waals surface area contributed by atoms with Crippen molar-refractivity contribution in [2.75, 3.05) is 26.3 Å². The fraction of sp³-hybridized carbons (Fsp3) is 0.455. The molecule has 0 aliphatic carbocycles. The van der Waals surface area contributed by atoms with Gasteiger partial charge in [-0.05, 0) is 36.3 Å². The Morgan fingerprint density at radius 2 is 1.64 bits per heavy atom. The summed E-state index contributed by atoms with van der Waals surface area (Å²) in [6, 6.07) is 20.1. The zero-order valence-corrected chi connectivity index (χ0v) is 24.5. The molecule has 1 aromatic heterocycles. The van der Waals surface area contributed by atoms with E-state index >= 15 is 0 Å². The fourth-order valence-corrected chi connectivity index (χ4v) is 5.04. The van der Waals surface area contributed by atoms with Crippen LogP contribution in [0.2, 0.25) is 0 Å². The molecule has 3 aromatic rings. The molecule has 4 rings (SSSR count). The van der Waals surface area contributed by atoms with Gasteiger partial charge in [0, 0.05) is 25.6 Å². The van der Waals surface area contributed by atoms with E-state index in [0.717, 1.165) is 24.2 Å². The topological polar surface area (TPSA) is 111 Å². The predicted molar refractivity (Wildman–Crippen MR) is 157 cm³/mol. The molecule has 1 amide bonds. The van der Waals surface area contributed by atoms with E-state index in [1.54, 1.807) is 6.07 Å². The Morgan fingerprint density at radius 3 is 2.31 bits per heavy atom. The first-order valence-electron chi connectivity index (χ1n) is 14.7. The lowest BCUT2D eigenvalue weighted by molar-refractivity contribution is -0.152. The second-order valence-corrected chi connectivity index (χ2v) is 11.2. The molecule has 1 aliphatic rings. The lowest BCUT2D eigenvalue weighted by Crippen LogP contribution is -2.42. The Bertz CT molecular complexity index is 1270. The van der Waals surface area contributed by atoms with Crippen molar-refractivity contribution in [2.45, 2.75) is 58.7 Å². The smallest absolute Gasteiger partial charge is 0.309 e. The van der Waals surface area contributed by atoms with Crippen LogP contribution < -0.4 is 5.32 Å². The Hall–Kier alpha value is -3.82. The standard InChI is InChI=1S/C33H41N3O6/c1-24(2)19-27(33(39)41-23-26-11-7-4-8-12-26)20-31(37)29(14-13-25-9-5-3-6-10-25)34-32(38)30-21-28(42-35-30)22-36-15-17-40-18-16-36/h3-12,21,24,27,29H,13-20,22-23H2,1-2H3,(H,34,38)/t27-,29+/m1/s1. The van der Waals surface area contributed by atoms with Gasteiger partial charge in [-0.1, -0.05) is 79.7 Å². The number of amides is 1. The van der Waals surface area contributed by atoms with Crippen molar-refractivity contribution in [3.8, 4) is 0 Å². The molecule has 9 heteroatoms. The van der Waals surface area contributed by atoms with Crippen molar-refractivity contribution in [2.24, 2.45) is 11.8 Å². The summed E-state index contributed by atoms with van der Waals surface area (Å²) in [5, 5.41) is 6.84. The quantitative estimate of drug-likeness (QED) is 0.262. The number of ketones is 1. The van der Waals surface area contributed by atoms with Crippen LogP contribution in [0, 0.1) is 11.8 Å². The Labute approximate surface area is 247 Å². The molecule has 9 nitrogen and oxygen atoms in total. The van der Waals surface area contributed by atoms with Crippen LogP contribution in [0.25, 0.3) is 0 Å². The molecule has 0 saturated carbocycles. The third-order valence-electron chi connectivity index (χ3n) is 7.29. The molecule has 0 bridgehead atoms. The summed E-state index contributed by atoms with van der Waals surface area (Å²) in [4.78, 5) is 42.2. The number of carbonyl (C=O) groups excluding carboxylic acids is 3. The highest BCUT2D eigenvalue weighted by Crippen LogP contribution is 2.21. The lowest BCUT2D eigenvalue weighted by Gasteiger charge is -2.25. The van der Waals surface area contributed by atoms with E-state index in [-0.39, 0.29) is 30.4 Å². The van der Waals surface area contributed by atoms with Gasteiger partial charge in [0.15, 0.2) is 17.2 Å². The molecule has 1 fully saturated rings. The number of rotatable bonds is 15. The molecular weight excluding hydrogens is 534 g/mol. The number of aryl methyl sites for hydroxylation is 1. The van der Waals surface area contributed by atoms with Crippen molar-refractivity contribution in [3.63, 3.8) is 0 Å². The Morgan fingerprint density at radius 1 is 0.976 bits per heavy atom. The highest BCUT2D eigenvalue weighted by atomic mass is 16.5. The summed E-state index contributed by atoms with van der Waals surface area (Å²) in [5.41, 5.74) is 2.06. The Kier molecular flexibility index (Phi) is 11.8. The predicted octanol–water partition coefficient (Wildman–Crippen LogP) is 4.60. The van der Waals surface area contributed by atoms with Gasteiger partial charge in [-0.2, -0.15) is 0 Å². The minimum absolute atomic E-state index is 0.0212. The highest BCUT2D eigenvalue weighted by Gasteiger charge is 2.30. The van der Waals surface area contributed by atoms with Crippen LogP contribution in [-0.2, 0) is 38.6 Å². The molecule has 0 radical (unpaired) electrons. The second kappa shape index (κ2) is 16.0. The minimum atomic E-state index is -0.798. The molecule has 2 aromatic carbocycles. The lowest BCUT2D eigenvalue weighted by atomic mass is 9.89. The van der Waals surface area contributed by atoms with E-state index in [0.29, 0.717) is 44.8 Å². The van der Waals surface area contributed by atoms with E-state index in [9.17, 15) is 14.4 Å². The van der Waals surface area contributed by atoms with Crippen molar-refractivity contribution < 1.29 is 28.4 Å². The number of esters is 1. The first-order valence-corrected chi connectivity index (χ1v) is 14.7. The van der Waals surface area contributed by atoms with Gasteiger partial charge < -0.3 is 19.3 Å². The van der Waals surface area contributed by atoms with Gasteiger partial charge in [0.25, 0.3) is 5.91 Å². The third kappa shape index (κ3) is 9.92. The molecule has 42 heavy (non-hydrogen) atoms. The summed E-state index contributed by atoms with van der Waals surface area (Å²) < 4.78 is 16.4. The van der Waals surface area contributed by atoms with Gasteiger partial charge in [0.05, 0.1) is 31.7 Å². The molecule has 2 atom stereocenters. The van der Waals surface area contributed by atoms with E-state index in [2.05, 4.69) is 15.4 Å². The van der Waals surface area contributed by atoms with Gasteiger partial charge in [-0.3, -0.25) is 19.3 Å². The number of benzene rings is 2. The SMILES string of the molecule is CC(C)C[C@H](CC(=O)[C@H](CCc1ccccc1)NC(=O)c1cc(CN2CCOCC2)on1)C(=O)OCc1ccccc1. The number of carbonyl (C=O) groups is 3. The summed E-state index contributed by atoms with van der Waals surface area (Å²) in [6.45, 7) is 7.57. The Balaban J connectivity index is 1.42. The van der Waals surface area contributed by atoms with Crippen molar-refractivity contribution in [1.29, 1.82) is 0 Å². The maximum atomic E-state index is 13.7. The molecule has 1 aliphatic heterocycles. The number of Topliss-reactive ketones (excluding diaryl/α,β-unsaturated/α-hetero) is 1. The molecule has 224 valence electrons. The normalized spacial score (nSPS) is 15.2. The van der Waals surface area contributed by atoms with Crippen LogP contribution in [0.15, 0.2) is 71.3 Å². The number of nitrogens with one attached hydrogen (secondary N) is 1. The molecule has 2 heterocycles.